The van der Waals surface area contributed by atoms with Gasteiger partial charge in [-0.1, -0.05) is 30.4 Å². The first kappa shape index (κ1) is 19.7. The second kappa shape index (κ2) is 9.72. The number of aromatic nitrogens is 2. The molecule has 2 aromatic rings. The van der Waals surface area contributed by atoms with Gasteiger partial charge >= 0.3 is 0 Å². The van der Waals surface area contributed by atoms with Gasteiger partial charge in [-0.2, -0.15) is 0 Å². The van der Waals surface area contributed by atoms with Crippen molar-refractivity contribution in [2.45, 2.75) is 31.2 Å². The topological polar surface area (TPSA) is 113 Å². The van der Waals surface area contributed by atoms with Crippen LogP contribution in [0, 0.1) is 0 Å². The third-order valence-electron chi connectivity index (χ3n) is 4.29. The van der Waals surface area contributed by atoms with Crippen molar-refractivity contribution in [1.29, 1.82) is 0 Å². The molecule has 1 aliphatic heterocycles. The summed E-state index contributed by atoms with van der Waals surface area (Å²) >= 11 is 0. The molecule has 0 bridgehead atoms. The van der Waals surface area contributed by atoms with Crippen molar-refractivity contribution < 1.29 is 19.4 Å². The first-order chi connectivity index (χ1) is 13.7. The minimum Gasteiger partial charge on any atom is -0.394 e. The van der Waals surface area contributed by atoms with Gasteiger partial charge in [0.05, 0.1) is 37.4 Å². The molecular formula is C20H22N4O4. The largest absolute Gasteiger partial charge is 0.394 e. The molecule has 3 atom stereocenters. The molecule has 1 aromatic carbocycles. The van der Waals surface area contributed by atoms with Gasteiger partial charge in [0.2, 0.25) is 5.91 Å². The molecular weight excluding hydrogens is 360 g/mol. The van der Waals surface area contributed by atoms with Crippen LogP contribution >= 0.6 is 0 Å². The number of nitrogens with one attached hydrogen (secondary N) is 2. The zero-order chi connectivity index (χ0) is 19.8. The molecule has 2 amide bonds. The summed E-state index contributed by atoms with van der Waals surface area (Å²) < 4.78 is 5.77. The fourth-order valence-corrected chi connectivity index (χ4v) is 2.83. The van der Waals surface area contributed by atoms with E-state index in [2.05, 4.69) is 20.6 Å². The van der Waals surface area contributed by atoms with E-state index in [0.29, 0.717) is 17.8 Å². The van der Waals surface area contributed by atoms with Crippen molar-refractivity contribution in [3.05, 3.63) is 72.3 Å². The number of aliphatic hydroxyl groups is 1. The van der Waals surface area contributed by atoms with E-state index in [9.17, 15) is 14.7 Å². The zero-order valence-electron chi connectivity index (χ0n) is 15.2. The lowest BCUT2D eigenvalue weighted by molar-refractivity contribution is -0.125. The van der Waals surface area contributed by atoms with Crippen molar-refractivity contribution in [1.82, 2.24) is 20.6 Å². The van der Waals surface area contributed by atoms with E-state index < -0.39 is 18.2 Å². The monoisotopic (exact) mass is 382 g/mol. The van der Waals surface area contributed by atoms with Crippen molar-refractivity contribution in [2.24, 2.45) is 0 Å². The van der Waals surface area contributed by atoms with Crippen LogP contribution in [0.25, 0.3) is 0 Å². The van der Waals surface area contributed by atoms with E-state index in [1.807, 2.05) is 6.07 Å². The predicted molar refractivity (Wildman–Crippen MR) is 101 cm³/mol. The maximum Gasteiger partial charge on any atom is 0.251 e. The highest BCUT2D eigenvalue weighted by Gasteiger charge is 2.29. The summed E-state index contributed by atoms with van der Waals surface area (Å²) in [5.74, 6) is -0.449. The third kappa shape index (κ3) is 5.45. The molecule has 1 aromatic heterocycles. The van der Waals surface area contributed by atoms with E-state index in [-0.39, 0.29) is 24.8 Å². The smallest absolute Gasteiger partial charge is 0.251 e. The number of ether oxygens (including phenoxy) is 1. The van der Waals surface area contributed by atoms with Gasteiger partial charge in [0.25, 0.3) is 5.91 Å². The Kier molecular flexibility index (Phi) is 6.83. The Balaban J connectivity index is 1.52. The molecule has 146 valence electrons. The van der Waals surface area contributed by atoms with Crippen molar-refractivity contribution in [2.75, 3.05) is 6.61 Å². The molecule has 0 fully saturated rings. The normalized spacial score (nSPS) is 21.1. The Bertz CT molecular complexity index is 813. The van der Waals surface area contributed by atoms with Crippen LogP contribution in [-0.4, -0.2) is 51.7 Å². The maximum absolute atomic E-state index is 12.3. The summed E-state index contributed by atoms with van der Waals surface area (Å²) in [6, 6.07) is 10.1. The average molecular weight is 382 g/mol. The summed E-state index contributed by atoms with van der Waals surface area (Å²) in [5.41, 5.74) is 1.24. The molecule has 1 aliphatic rings. The first-order valence-electron chi connectivity index (χ1n) is 8.98. The molecule has 3 rings (SSSR count). The highest BCUT2D eigenvalue weighted by molar-refractivity contribution is 5.94. The summed E-state index contributed by atoms with van der Waals surface area (Å²) in [5, 5.41) is 15.2. The van der Waals surface area contributed by atoms with E-state index in [4.69, 9.17) is 4.74 Å². The third-order valence-corrected chi connectivity index (χ3v) is 4.29. The van der Waals surface area contributed by atoms with Gasteiger partial charge in [-0.3, -0.25) is 9.59 Å². The second-order valence-corrected chi connectivity index (χ2v) is 6.33. The molecule has 3 N–H and O–H groups in total. The highest BCUT2D eigenvalue weighted by Crippen LogP contribution is 2.16. The summed E-state index contributed by atoms with van der Waals surface area (Å²) in [6.07, 6.45) is 5.52. The maximum atomic E-state index is 12.3. The number of hydrogen-bond donors (Lipinski definition) is 3. The predicted octanol–water partition coefficient (Wildman–Crippen LogP) is 0.597. The van der Waals surface area contributed by atoms with Crippen molar-refractivity contribution >= 4 is 11.8 Å². The molecule has 0 saturated heterocycles. The van der Waals surface area contributed by atoms with Crippen LogP contribution < -0.4 is 10.6 Å². The van der Waals surface area contributed by atoms with Gasteiger partial charge < -0.3 is 20.5 Å². The number of benzene rings is 1. The summed E-state index contributed by atoms with van der Waals surface area (Å²) in [4.78, 5) is 32.3. The van der Waals surface area contributed by atoms with Crippen LogP contribution in [-0.2, 0) is 16.1 Å². The Morgan fingerprint density at radius 2 is 1.96 bits per heavy atom. The Hall–Kier alpha value is -3.10. The number of hydrogen-bond acceptors (Lipinski definition) is 6. The molecule has 8 nitrogen and oxygen atoms in total. The van der Waals surface area contributed by atoms with Crippen molar-refractivity contribution in [3.63, 3.8) is 0 Å². The van der Waals surface area contributed by atoms with E-state index in [0.717, 1.165) is 0 Å². The Morgan fingerprint density at radius 3 is 2.68 bits per heavy atom. The molecule has 0 aliphatic carbocycles. The van der Waals surface area contributed by atoms with Gasteiger partial charge in [-0.15, -0.1) is 0 Å². The number of carbonyl (C=O) groups is 2. The molecule has 0 saturated carbocycles. The van der Waals surface area contributed by atoms with Gasteiger partial charge in [-0.25, -0.2) is 9.97 Å². The van der Waals surface area contributed by atoms with Gasteiger partial charge in [-0.05, 0) is 18.2 Å². The number of carbonyl (C=O) groups excluding carboxylic acids is 2. The van der Waals surface area contributed by atoms with Crippen molar-refractivity contribution in [3.8, 4) is 0 Å². The van der Waals surface area contributed by atoms with Gasteiger partial charge in [0.1, 0.15) is 12.4 Å². The molecule has 0 radical (unpaired) electrons. The molecule has 0 unspecified atom stereocenters. The summed E-state index contributed by atoms with van der Waals surface area (Å²) in [7, 11) is 0. The zero-order valence-corrected chi connectivity index (χ0v) is 15.2. The number of amides is 2. The Labute approximate surface area is 162 Å². The molecule has 28 heavy (non-hydrogen) atoms. The van der Waals surface area contributed by atoms with E-state index in [1.54, 1.807) is 48.7 Å². The fourth-order valence-electron chi connectivity index (χ4n) is 2.83. The molecule has 8 heteroatoms. The summed E-state index contributed by atoms with van der Waals surface area (Å²) in [6.45, 7) is 0.0279. The van der Waals surface area contributed by atoms with E-state index in [1.165, 1.54) is 6.33 Å². The number of aliphatic hydroxyl groups excluding tert-OH is 1. The van der Waals surface area contributed by atoms with E-state index >= 15 is 0 Å². The van der Waals surface area contributed by atoms with Crippen LogP contribution in [0.3, 0.4) is 0 Å². The molecule has 2 heterocycles. The van der Waals surface area contributed by atoms with Crippen LogP contribution in [0.1, 0.15) is 22.5 Å². The quantitative estimate of drug-likeness (QED) is 0.605. The number of nitrogens with zero attached hydrogens (tertiary/aromatic N) is 2. The number of rotatable bonds is 7. The fraction of sp³-hybridized carbons (Fsp3) is 0.300. The Morgan fingerprint density at radius 1 is 1.14 bits per heavy atom. The molecule has 0 spiro atoms. The average Bonchev–Trinajstić information content (AvgIpc) is 2.74. The van der Waals surface area contributed by atoms with Crippen LogP contribution in [0.5, 0.6) is 0 Å². The second-order valence-electron chi connectivity index (χ2n) is 6.33. The standard InChI is InChI=1S/C20H22N4O4/c25-12-18-17(24-20(27)14-4-2-1-3-5-14)7-6-16(28-18)10-19(26)22-11-15-8-9-21-13-23-15/h1-9,13,16-18,25H,10-12H2,(H,22,26)(H,24,27)/t16-,17+,18-/m1/s1. The minimum atomic E-state index is -0.627. The SMILES string of the molecule is O=C(C[C@H]1C=C[C@H](NC(=O)c2ccccc2)[C@@H](CO)O1)NCc1ccncn1. The lowest BCUT2D eigenvalue weighted by atomic mass is 10.0. The van der Waals surface area contributed by atoms with Crippen LogP contribution in [0.2, 0.25) is 0 Å². The first-order valence-corrected chi connectivity index (χ1v) is 8.98. The van der Waals surface area contributed by atoms with Gasteiger partial charge in [0.15, 0.2) is 0 Å². The lowest BCUT2D eigenvalue weighted by Gasteiger charge is -2.31. The van der Waals surface area contributed by atoms with Crippen LogP contribution in [0.15, 0.2) is 61.1 Å². The lowest BCUT2D eigenvalue weighted by Crippen LogP contribution is -2.49. The minimum absolute atomic E-state index is 0.109. The van der Waals surface area contributed by atoms with Gasteiger partial charge in [0, 0.05) is 11.8 Å². The van der Waals surface area contributed by atoms with Crippen LogP contribution in [0.4, 0.5) is 0 Å². The highest BCUT2D eigenvalue weighted by atomic mass is 16.5.